The van der Waals surface area contributed by atoms with Gasteiger partial charge in [0.05, 0.1) is 0 Å². The van der Waals surface area contributed by atoms with Crippen LogP contribution in [0.1, 0.15) is 45.5 Å². The van der Waals surface area contributed by atoms with Crippen molar-refractivity contribution in [1.82, 2.24) is 4.90 Å². The highest BCUT2D eigenvalue weighted by Gasteiger charge is 2.28. The number of ketones is 1. The van der Waals surface area contributed by atoms with E-state index in [0.29, 0.717) is 25.9 Å². The number of amides is 1. The molecule has 0 saturated carbocycles. The van der Waals surface area contributed by atoms with Gasteiger partial charge in [-0.1, -0.05) is 29.8 Å². The van der Waals surface area contributed by atoms with Crippen LogP contribution >= 0.6 is 0 Å². The Balaban J connectivity index is 1.52. The van der Waals surface area contributed by atoms with Crippen molar-refractivity contribution in [2.75, 3.05) is 19.7 Å². The molecule has 1 aliphatic heterocycles. The fraction of sp³-hybridized carbons (Fsp3) is 0.417. The number of Topliss-reactive ketones (excluding diaryl/α,β-unsaturated/α-hetero) is 1. The number of hydrogen-bond donors (Lipinski definition) is 0. The van der Waals surface area contributed by atoms with Gasteiger partial charge in [0.25, 0.3) is 5.91 Å². The molecule has 148 valence electrons. The van der Waals surface area contributed by atoms with Crippen LogP contribution in [0.4, 0.5) is 0 Å². The minimum Gasteiger partial charge on any atom is -0.484 e. The minimum absolute atomic E-state index is 0.00822. The quantitative estimate of drug-likeness (QED) is 0.723. The molecule has 0 radical (unpaired) electrons. The van der Waals surface area contributed by atoms with Gasteiger partial charge in [-0.25, -0.2) is 0 Å². The third kappa shape index (κ3) is 4.61. The maximum absolute atomic E-state index is 12.9. The minimum atomic E-state index is -0.0179. The topological polar surface area (TPSA) is 46.6 Å². The van der Waals surface area contributed by atoms with Crippen molar-refractivity contribution in [3.8, 4) is 5.75 Å². The first kappa shape index (κ1) is 20.1. The fourth-order valence-corrected chi connectivity index (χ4v) is 3.74. The van der Waals surface area contributed by atoms with Crippen molar-refractivity contribution in [2.45, 2.75) is 40.5 Å². The number of ether oxygens (including phenoxy) is 1. The molecule has 28 heavy (non-hydrogen) atoms. The second-order valence-electron chi connectivity index (χ2n) is 7.87. The second-order valence-corrected chi connectivity index (χ2v) is 7.87. The molecule has 1 aliphatic rings. The Hall–Kier alpha value is -2.62. The summed E-state index contributed by atoms with van der Waals surface area (Å²) >= 11 is 0. The zero-order valence-corrected chi connectivity index (χ0v) is 17.2. The molecule has 1 amide bonds. The zero-order chi connectivity index (χ0) is 20.3. The van der Waals surface area contributed by atoms with E-state index >= 15 is 0 Å². The van der Waals surface area contributed by atoms with Crippen LogP contribution in [0.2, 0.25) is 0 Å². The van der Waals surface area contributed by atoms with E-state index in [2.05, 4.69) is 6.07 Å². The van der Waals surface area contributed by atoms with Crippen LogP contribution in [-0.4, -0.2) is 36.3 Å². The van der Waals surface area contributed by atoms with Gasteiger partial charge in [0.15, 0.2) is 12.4 Å². The Morgan fingerprint density at radius 2 is 1.64 bits per heavy atom. The summed E-state index contributed by atoms with van der Waals surface area (Å²) in [5.74, 6) is 0.897. The van der Waals surface area contributed by atoms with Crippen molar-refractivity contribution in [3.05, 3.63) is 64.2 Å². The van der Waals surface area contributed by atoms with Crippen molar-refractivity contribution in [1.29, 1.82) is 0 Å². The summed E-state index contributed by atoms with van der Waals surface area (Å²) in [7, 11) is 0. The molecule has 0 N–H and O–H groups in total. The lowest BCUT2D eigenvalue weighted by Crippen LogP contribution is -2.42. The Labute approximate surface area is 167 Å². The summed E-state index contributed by atoms with van der Waals surface area (Å²) in [4.78, 5) is 27.1. The average molecular weight is 380 g/mol. The Kier molecular flexibility index (Phi) is 6.18. The van der Waals surface area contributed by atoms with Gasteiger partial charge in [0.1, 0.15) is 5.75 Å². The van der Waals surface area contributed by atoms with E-state index in [-0.39, 0.29) is 24.2 Å². The second kappa shape index (κ2) is 8.59. The molecular formula is C24H29NO3. The number of aryl methyl sites for hydroxylation is 4. The van der Waals surface area contributed by atoms with E-state index in [1.807, 2.05) is 62.9 Å². The van der Waals surface area contributed by atoms with E-state index in [1.165, 1.54) is 11.1 Å². The molecule has 4 nitrogen and oxygen atoms in total. The van der Waals surface area contributed by atoms with E-state index in [1.54, 1.807) is 0 Å². The highest BCUT2D eigenvalue weighted by Crippen LogP contribution is 2.24. The first-order valence-electron chi connectivity index (χ1n) is 9.94. The third-order valence-electron chi connectivity index (χ3n) is 5.71. The van der Waals surface area contributed by atoms with Crippen LogP contribution in [0.5, 0.6) is 5.75 Å². The predicted molar refractivity (Wildman–Crippen MR) is 111 cm³/mol. The van der Waals surface area contributed by atoms with E-state index in [0.717, 1.165) is 22.4 Å². The summed E-state index contributed by atoms with van der Waals surface area (Å²) in [5.41, 5.74) is 5.36. The van der Waals surface area contributed by atoms with Crippen LogP contribution in [0, 0.1) is 33.6 Å². The molecule has 2 aromatic carbocycles. The monoisotopic (exact) mass is 379 g/mol. The van der Waals surface area contributed by atoms with Gasteiger partial charge in [-0.3, -0.25) is 9.59 Å². The summed E-state index contributed by atoms with van der Waals surface area (Å²) in [5, 5.41) is 0. The van der Waals surface area contributed by atoms with Gasteiger partial charge in [-0.15, -0.1) is 0 Å². The van der Waals surface area contributed by atoms with Gasteiger partial charge in [0.2, 0.25) is 0 Å². The molecule has 1 saturated heterocycles. The van der Waals surface area contributed by atoms with Gasteiger partial charge >= 0.3 is 0 Å². The summed E-state index contributed by atoms with van der Waals surface area (Å²) in [6.45, 7) is 9.36. The average Bonchev–Trinajstić information content (AvgIpc) is 2.68. The lowest BCUT2D eigenvalue weighted by atomic mass is 9.87. The van der Waals surface area contributed by atoms with Crippen LogP contribution in [0.15, 0.2) is 36.4 Å². The van der Waals surface area contributed by atoms with Crippen LogP contribution < -0.4 is 4.74 Å². The number of carbonyl (C=O) groups is 2. The van der Waals surface area contributed by atoms with Crippen LogP contribution in [-0.2, 0) is 4.79 Å². The van der Waals surface area contributed by atoms with E-state index in [4.69, 9.17) is 4.74 Å². The number of carbonyl (C=O) groups excluding carboxylic acids is 2. The molecule has 0 spiro atoms. The number of nitrogens with zero attached hydrogens (tertiary/aromatic N) is 1. The number of likely N-dealkylation sites (tertiary alicyclic amines) is 1. The van der Waals surface area contributed by atoms with Gasteiger partial charge in [0, 0.05) is 24.6 Å². The summed E-state index contributed by atoms with van der Waals surface area (Å²) in [6.07, 6.45) is 1.42. The van der Waals surface area contributed by atoms with Gasteiger partial charge < -0.3 is 9.64 Å². The normalized spacial score (nSPS) is 14.8. The molecule has 1 fully saturated rings. The van der Waals surface area contributed by atoms with Crippen LogP contribution in [0.3, 0.4) is 0 Å². The third-order valence-corrected chi connectivity index (χ3v) is 5.71. The van der Waals surface area contributed by atoms with E-state index < -0.39 is 0 Å². The molecule has 0 atom stereocenters. The predicted octanol–water partition coefficient (Wildman–Crippen LogP) is 4.42. The highest BCUT2D eigenvalue weighted by atomic mass is 16.5. The van der Waals surface area contributed by atoms with Crippen molar-refractivity contribution < 1.29 is 14.3 Å². The lowest BCUT2D eigenvalue weighted by Gasteiger charge is -2.31. The molecule has 3 rings (SSSR count). The Morgan fingerprint density at radius 3 is 2.29 bits per heavy atom. The van der Waals surface area contributed by atoms with E-state index in [9.17, 15) is 9.59 Å². The van der Waals surface area contributed by atoms with Crippen molar-refractivity contribution in [3.63, 3.8) is 0 Å². The molecule has 2 aromatic rings. The molecule has 0 aromatic heterocycles. The SMILES string of the molecule is Cc1ccc(C(=O)C2CCN(C(=O)COc3ccc(C)c(C)c3)CC2)c(C)c1. The summed E-state index contributed by atoms with van der Waals surface area (Å²) < 4.78 is 5.67. The smallest absolute Gasteiger partial charge is 0.260 e. The maximum atomic E-state index is 12.9. The Bertz CT molecular complexity index is 879. The van der Waals surface area contributed by atoms with Gasteiger partial charge in [-0.2, -0.15) is 0 Å². The zero-order valence-electron chi connectivity index (χ0n) is 17.2. The molecule has 0 bridgehead atoms. The number of piperidine rings is 1. The molecule has 1 heterocycles. The number of rotatable bonds is 5. The maximum Gasteiger partial charge on any atom is 0.260 e. The highest BCUT2D eigenvalue weighted by molar-refractivity contribution is 5.99. The fourth-order valence-electron chi connectivity index (χ4n) is 3.74. The standard InChI is InChI=1S/C24H29NO3/c1-16-5-8-22(19(4)13-16)24(27)20-9-11-25(12-10-20)23(26)15-28-21-7-6-17(2)18(3)14-21/h5-8,13-14,20H,9-12,15H2,1-4H3. The molecular weight excluding hydrogens is 350 g/mol. The lowest BCUT2D eigenvalue weighted by molar-refractivity contribution is -0.134. The Morgan fingerprint density at radius 1 is 0.929 bits per heavy atom. The first-order chi connectivity index (χ1) is 13.3. The van der Waals surface area contributed by atoms with Crippen molar-refractivity contribution in [2.24, 2.45) is 5.92 Å². The molecule has 4 heteroatoms. The number of benzene rings is 2. The summed E-state index contributed by atoms with van der Waals surface area (Å²) in [6, 6.07) is 11.8. The number of hydrogen-bond acceptors (Lipinski definition) is 3. The molecule has 0 aliphatic carbocycles. The van der Waals surface area contributed by atoms with Crippen LogP contribution in [0.25, 0.3) is 0 Å². The van der Waals surface area contributed by atoms with Gasteiger partial charge in [-0.05, 0) is 69.4 Å². The van der Waals surface area contributed by atoms with Crippen molar-refractivity contribution >= 4 is 11.7 Å². The largest absolute Gasteiger partial charge is 0.484 e. The first-order valence-corrected chi connectivity index (χ1v) is 9.94. The molecule has 0 unspecified atom stereocenters.